The van der Waals surface area contributed by atoms with Gasteiger partial charge in [-0.3, -0.25) is 0 Å². The van der Waals surface area contributed by atoms with Crippen molar-refractivity contribution in [3.63, 3.8) is 0 Å². The molecular formula is C11H26N2O2S. The van der Waals surface area contributed by atoms with Crippen molar-refractivity contribution in [1.29, 1.82) is 0 Å². The maximum absolute atomic E-state index is 11.5. The molecule has 2 N–H and O–H groups in total. The standard InChI is InChI=1S/C11H26N2O2S/c1-5-7-12-9-10-16(14,15)13-8-6-11(2,3)4/h12-13H,5-10H2,1-4H3. The topological polar surface area (TPSA) is 58.2 Å². The van der Waals surface area contributed by atoms with Crippen molar-refractivity contribution in [2.75, 3.05) is 25.4 Å². The number of nitrogens with one attached hydrogen (secondary N) is 2. The van der Waals surface area contributed by atoms with E-state index in [1.54, 1.807) is 0 Å². The summed E-state index contributed by atoms with van der Waals surface area (Å²) in [6.07, 6.45) is 1.88. The minimum absolute atomic E-state index is 0.164. The third-order valence-corrected chi connectivity index (χ3v) is 3.56. The third kappa shape index (κ3) is 10.4. The Kier molecular flexibility index (Phi) is 7.19. The van der Waals surface area contributed by atoms with E-state index in [-0.39, 0.29) is 11.2 Å². The first-order chi connectivity index (χ1) is 7.27. The van der Waals surface area contributed by atoms with Crippen LogP contribution in [0.25, 0.3) is 0 Å². The third-order valence-electron chi connectivity index (χ3n) is 2.17. The molecule has 0 saturated heterocycles. The predicted molar refractivity (Wildman–Crippen MR) is 69.0 cm³/mol. The van der Waals surface area contributed by atoms with Crippen molar-refractivity contribution in [3.8, 4) is 0 Å². The molecule has 0 rings (SSSR count). The van der Waals surface area contributed by atoms with Crippen LogP contribution < -0.4 is 10.0 Å². The number of hydrogen-bond donors (Lipinski definition) is 2. The van der Waals surface area contributed by atoms with E-state index < -0.39 is 10.0 Å². The number of rotatable bonds is 8. The largest absolute Gasteiger partial charge is 0.316 e. The van der Waals surface area contributed by atoms with Crippen LogP contribution in [-0.2, 0) is 10.0 Å². The molecule has 98 valence electrons. The van der Waals surface area contributed by atoms with E-state index in [9.17, 15) is 8.42 Å². The van der Waals surface area contributed by atoms with Gasteiger partial charge in [-0.15, -0.1) is 0 Å². The van der Waals surface area contributed by atoms with Crippen LogP contribution in [0, 0.1) is 5.41 Å². The van der Waals surface area contributed by atoms with Gasteiger partial charge in [0.1, 0.15) is 0 Å². The fourth-order valence-electron chi connectivity index (χ4n) is 1.16. The molecular weight excluding hydrogens is 224 g/mol. The summed E-state index contributed by atoms with van der Waals surface area (Å²) >= 11 is 0. The second kappa shape index (κ2) is 7.25. The highest BCUT2D eigenvalue weighted by Gasteiger charge is 2.13. The van der Waals surface area contributed by atoms with Gasteiger partial charge in [0.25, 0.3) is 0 Å². The smallest absolute Gasteiger partial charge is 0.212 e. The molecule has 0 spiro atoms. The normalized spacial score (nSPS) is 13.0. The predicted octanol–water partition coefficient (Wildman–Crippen LogP) is 1.34. The zero-order valence-corrected chi connectivity index (χ0v) is 11.8. The molecule has 0 aliphatic heterocycles. The minimum Gasteiger partial charge on any atom is -0.316 e. The van der Waals surface area contributed by atoms with Crippen LogP contribution in [0.5, 0.6) is 0 Å². The fourth-order valence-corrected chi connectivity index (χ4v) is 2.13. The van der Waals surface area contributed by atoms with E-state index >= 15 is 0 Å². The highest BCUT2D eigenvalue weighted by atomic mass is 32.2. The van der Waals surface area contributed by atoms with Crippen LogP contribution in [0.2, 0.25) is 0 Å². The molecule has 0 bridgehead atoms. The Morgan fingerprint density at radius 1 is 1.06 bits per heavy atom. The second-order valence-electron chi connectivity index (χ2n) is 5.27. The van der Waals surface area contributed by atoms with E-state index in [1.807, 2.05) is 0 Å². The van der Waals surface area contributed by atoms with Crippen LogP contribution in [0.4, 0.5) is 0 Å². The Labute approximate surface area is 100 Å². The summed E-state index contributed by atoms with van der Waals surface area (Å²) in [4.78, 5) is 0. The molecule has 0 aromatic rings. The van der Waals surface area contributed by atoms with Crippen LogP contribution >= 0.6 is 0 Å². The Morgan fingerprint density at radius 2 is 1.69 bits per heavy atom. The highest BCUT2D eigenvalue weighted by Crippen LogP contribution is 2.17. The van der Waals surface area contributed by atoms with Crippen molar-refractivity contribution < 1.29 is 8.42 Å². The molecule has 0 unspecified atom stereocenters. The summed E-state index contributed by atoms with van der Waals surface area (Å²) in [5, 5.41) is 3.08. The first-order valence-corrected chi connectivity index (χ1v) is 7.60. The maximum Gasteiger partial charge on any atom is 0.212 e. The molecule has 0 aliphatic rings. The molecule has 0 heterocycles. The lowest BCUT2D eigenvalue weighted by atomic mass is 9.93. The summed E-state index contributed by atoms with van der Waals surface area (Å²) in [5.74, 6) is 0.164. The summed E-state index contributed by atoms with van der Waals surface area (Å²) < 4.78 is 25.7. The monoisotopic (exact) mass is 250 g/mol. The van der Waals surface area contributed by atoms with Crippen molar-refractivity contribution in [3.05, 3.63) is 0 Å². The molecule has 0 aliphatic carbocycles. The van der Waals surface area contributed by atoms with E-state index in [2.05, 4.69) is 37.7 Å². The molecule has 0 aromatic carbocycles. The van der Waals surface area contributed by atoms with E-state index in [0.717, 1.165) is 19.4 Å². The van der Waals surface area contributed by atoms with Crippen LogP contribution in [-0.4, -0.2) is 33.8 Å². The summed E-state index contributed by atoms with van der Waals surface area (Å²) in [7, 11) is -3.10. The van der Waals surface area contributed by atoms with Gasteiger partial charge < -0.3 is 5.32 Å². The van der Waals surface area contributed by atoms with Crippen LogP contribution in [0.1, 0.15) is 40.5 Å². The summed E-state index contributed by atoms with van der Waals surface area (Å²) in [6.45, 7) is 10.3. The Bertz CT molecular complexity index is 268. The van der Waals surface area contributed by atoms with E-state index in [0.29, 0.717) is 13.1 Å². The molecule has 0 fully saturated rings. The summed E-state index contributed by atoms with van der Waals surface area (Å²) in [5.41, 5.74) is 0.170. The lowest BCUT2D eigenvalue weighted by molar-refractivity contribution is 0.378. The average Bonchev–Trinajstić information content (AvgIpc) is 2.10. The molecule has 0 radical (unpaired) electrons. The first kappa shape index (κ1) is 15.9. The lowest BCUT2D eigenvalue weighted by Gasteiger charge is -2.18. The van der Waals surface area contributed by atoms with Crippen molar-refractivity contribution in [2.24, 2.45) is 5.41 Å². The van der Waals surface area contributed by atoms with Crippen LogP contribution in [0.15, 0.2) is 0 Å². The van der Waals surface area contributed by atoms with Crippen molar-refractivity contribution in [1.82, 2.24) is 10.0 Å². The van der Waals surface area contributed by atoms with Gasteiger partial charge in [-0.05, 0) is 24.8 Å². The fraction of sp³-hybridized carbons (Fsp3) is 1.00. The van der Waals surface area contributed by atoms with Gasteiger partial charge in [0.15, 0.2) is 0 Å². The highest BCUT2D eigenvalue weighted by molar-refractivity contribution is 7.89. The van der Waals surface area contributed by atoms with Gasteiger partial charge in [-0.25, -0.2) is 13.1 Å². The van der Waals surface area contributed by atoms with Crippen molar-refractivity contribution >= 4 is 10.0 Å². The van der Waals surface area contributed by atoms with Gasteiger partial charge in [0, 0.05) is 13.1 Å². The molecule has 0 atom stereocenters. The maximum atomic E-state index is 11.5. The van der Waals surface area contributed by atoms with Gasteiger partial charge in [0.05, 0.1) is 5.75 Å². The molecule has 0 saturated carbocycles. The molecule has 4 nitrogen and oxygen atoms in total. The lowest BCUT2D eigenvalue weighted by Crippen LogP contribution is -2.33. The van der Waals surface area contributed by atoms with Crippen LogP contribution in [0.3, 0.4) is 0 Å². The van der Waals surface area contributed by atoms with Gasteiger partial charge in [0.2, 0.25) is 10.0 Å². The molecule has 0 amide bonds. The number of sulfonamides is 1. The van der Waals surface area contributed by atoms with Gasteiger partial charge >= 0.3 is 0 Å². The average molecular weight is 250 g/mol. The minimum atomic E-state index is -3.10. The number of hydrogen-bond acceptors (Lipinski definition) is 3. The van der Waals surface area contributed by atoms with Gasteiger partial charge in [-0.2, -0.15) is 0 Å². The molecule has 5 heteroatoms. The second-order valence-corrected chi connectivity index (χ2v) is 7.20. The Morgan fingerprint density at radius 3 is 2.19 bits per heavy atom. The zero-order chi connectivity index (χ0) is 12.7. The van der Waals surface area contributed by atoms with Crippen molar-refractivity contribution in [2.45, 2.75) is 40.5 Å². The van der Waals surface area contributed by atoms with Gasteiger partial charge in [-0.1, -0.05) is 27.7 Å². The zero-order valence-electron chi connectivity index (χ0n) is 11.0. The van der Waals surface area contributed by atoms with E-state index in [1.165, 1.54) is 0 Å². The Balaban J connectivity index is 3.71. The Hall–Kier alpha value is -0.130. The molecule has 16 heavy (non-hydrogen) atoms. The van der Waals surface area contributed by atoms with E-state index in [4.69, 9.17) is 0 Å². The SMILES string of the molecule is CCCNCCS(=O)(=O)NCCC(C)(C)C. The molecule has 0 aromatic heterocycles. The first-order valence-electron chi connectivity index (χ1n) is 5.95. The quantitative estimate of drug-likeness (QED) is 0.639. The summed E-state index contributed by atoms with van der Waals surface area (Å²) in [6, 6.07) is 0.